The number of rotatable bonds is 19. The Bertz CT molecular complexity index is 763. The van der Waals surface area contributed by atoms with Gasteiger partial charge in [-0.05, 0) is 18.9 Å². The highest BCUT2D eigenvalue weighted by atomic mass is 32.2. The van der Waals surface area contributed by atoms with Crippen molar-refractivity contribution in [3.8, 4) is 0 Å². The molecule has 0 bridgehead atoms. The second-order valence-electron chi connectivity index (χ2n) is 7.64. The zero-order valence-electron chi connectivity index (χ0n) is 19.4. The largest absolute Gasteiger partial charge is 0.500 e. The van der Waals surface area contributed by atoms with Crippen molar-refractivity contribution in [2.24, 2.45) is 0 Å². The van der Waals surface area contributed by atoms with Crippen molar-refractivity contribution in [3.05, 3.63) is 39.9 Å². The smallest absolute Gasteiger partial charge is 0.377 e. The molecule has 0 saturated carbocycles. The van der Waals surface area contributed by atoms with Gasteiger partial charge in [0.05, 0.1) is 22.8 Å². The lowest BCUT2D eigenvalue weighted by atomic mass is 10.1. The zero-order valence-corrected chi connectivity index (χ0v) is 21.2. The molecule has 1 aromatic carbocycles. The summed E-state index contributed by atoms with van der Waals surface area (Å²) in [6.07, 6.45) is 8.95. The Balaban J connectivity index is 2.10. The molecule has 0 aliphatic rings. The zero-order chi connectivity index (χ0) is 23.9. The van der Waals surface area contributed by atoms with E-state index < -0.39 is 23.8 Å². The third-order valence-electron chi connectivity index (χ3n) is 5.39. The SMILES string of the molecule is CO[Si](CCCCCCCCCCCS(=O)(=O)OCc1ccccc1[N+](=O)[O-])(OC)OC. The first kappa shape index (κ1) is 28.7. The molecule has 0 radical (unpaired) electrons. The van der Waals surface area contributed by atoms with E-state index in [0.717, 1.165) is 57.4 Å². The number of hydrogen-bond acceptors (Lipinski definition) is 8. The van der Waals surface area contributed by atoms with Crippen molar-refractivity contribution in [3.63, 3.8) is 0 Å². The van der Waals surface area contributed by atoms with Gasteiger partial charge in [0.2, 0.25) is 0 Å². The van der Waals surface area contributed by atoms with Gasteiger partial charge in [-0.3, -0.25) is 14.3 Å². The van der Waals surface area contributed by atoms with Gasteiger partial charge in [-0.15, -0.1) is 0 Å². The van der Waals surface area contributed by atoms with Gasteiger partial charge in [0, 0.05) is 33.4 Å². The molecule has 0 amide bonds. The van der Waals surface area contributed by atoms with Gasteiger partial charge in [0.25, 0.3) is 15.8 Å². The maximum Gasteiger partial charge on any atom is 0.500 e. The van der Waals surface area contributed by atoms with Crippen molar-refractivity contribution in [2.45, 2.75) is 70.4 Å². The molecule has 0 fully saturated rings. The molecule has 32 heavy (non-hydrogen) atoms. The Labute approximate surface area is 193 Å². The predicted octanol–water partition coefficient (Wildman–Crippen LogP) is 4.83. The fourth-order valence-electron chi connectivity index (χ4n) is 3.44. The monoisotopic (exact) mass is 491 g/mol. The summed E-state index contributed by atoms with van der Waals surface area (Å²) in [5, 5.41) is 11.0. The van der Waals surface area contributed by atoms with E-state index in [9.17, 15) is 18.5 Å². The first-order valence-electron chi connectivity index (χ1n) is 11.0. The van der Waals surface area contributed by atoms with Gasteiger partial charge >= 0.3 is 8.80 Å². The fraction of sp³-hybridized carbons (Fsp3) is 0.714. The molecular formula is C21H37NO8SSi. The highest BCUT2D eigenvalue weighted by molar-refractivity contribution is 7.86. The molecule has 0 atom stereocenters. The van der Waals surface area contributed by atoms with Crippen LogP contribution in [0.25, 0.3) is 0 Å². The molecule has 9 nitrogen and oxygen atoms in total. The number of nitro groups is 1. The average molecular weight is 492 g/mol. The summed E-state index contributed by atoms with van der Waals surface area (Å²) in [5.41, 5.74) is 0.112. The minimum Gasteiger partial charge on any atom is -0.377 e. The van der Waals surface area contributed by atoms with E-state index in [4.69, 9.17) is 17.5 Å². The molecule has 11 heteroatoms. The number of unbranched alkanes of at least 4 members (excludes halogenated alkanes) is 8. The van der Waals surface area contributed by atoms with Gasteiger partial charge in [-0.2, -0.15) is 8.42 Å². The van der Waals surface area contributed by atoms with Gasteiger partial charge in [0.1, 0.15) is 0 Å². The molecule has 0 aromatic heterocycles. The minimum absolute atomic E-state index is 0.0717. The summed E-state index contributed by atoms with van der Waals surface area (Å²) in [5.74, 6) is -0.0717. The molecule has 1 aromatic rings. The summed E-state index contributed by atoms with van der Waals surface area (Å²) < 4.78 is 45.3. The molecule has 1 rings (SSSR count). The van der Waals surface area contributed by atoms with Crippen LogP contribution in [0.4, 0.5) is 5.69 Å². The third-order valence-corrected chi connectivity index (χ3v) is 9.49. The average Bonchev–Trinajstić information content (AvgIpc) is 2.79. The first-order chi connectivity index (χ1) is 15.3. The Kier molecular flexibility index (Phi) is 13.8. The first-order valence-corrected chi connectivity index (χ1v) is 14.5. The summed E-state index contributed by atoms with van der Waals surface area (Å²) >= 11 is 0. The highest BCUT2D eigenvalue weighted by Gasteiger charge is 2.36. The predicted molar refractivity (Wildman–Crippen MR) is 125 cm³/mol. The van der Waals surface area contributed by atoms with Crippen LogP contribution in [0.2, 0.25) is 6.04 Å². The van der Waals surface area contributed by atoms with Crippen LogP contribution in [0, 0.1) is 10.1 Å². The fourth-order valence-corrected chi connectivity index (χ4v) is 6.21. The van der Waals surface area contributed by atoms with Crippen LogP contribution in [-0.4, -0.2) is 49.2 Å². The van der Waals surface area contributed by atoms with Crippen molar-refractivity contribution in [1.29, 1.82) is 0 Å². The Morgan fingerprint density at radius 3 is 1.88 bits per heavy atom. The van der Waals surface area contributed by atoms with Crippen LogP contribution in [0.3, 0.4) is 0 Å². The molecule has 0 N–H and O–H groups in total. The summed E-state index contributed by atoms with van der Waals surface area (Å²) in [6.45, 7) is -0.317. The second-order valence-corrected chi connectivity index (χ2v) is 12.5. The Morgan fingerprint density at radius 1 is 0.844 bits per heavy atom. The minimum atomic E-state index is -3.70. The molecule has 0 spiro atoms. The number of para-hydroxylation sites is 1. The molecule has 0 aliphatic heterocycles. The third kappa shape index (κ3) is 11.0. The lowest BCUT2D eigenvalue weighted by molar-refractivity contribution is -0.385. The lowest BCUT2D eigenvalue weighted by Crippen LogP contribution is -2.42. The van der Waals surface area contributed by atoms with E-state index >= 15 is 0 Å². The normalized spacial score (nSPS) is 12.2. The van der Waals surface area contributed by atoms with E-state index in [-0.39, 0.29) is 23.6 Å². The van der Waals surface area contributed by atoms with Crippen LogP contribution in [-0.2, 0) is 34.2 Å². The summed E-state index contributed by atoms with van der Waals surface area (Å²) in [6, 6.07) is 6.81. The van der Waals surface area contributed by atoms with Gasteiger partial charge in [-0.1, -0.05) is 57.1 Å². The van der Waals surface area contributed by atoms with Gasteiger partial charge in [0.15, 0.2) is 0 Å². The van der Waals surface area contributed by atoms with Crippen LogP contribution in [0.15, 0.2) is 24.3 Å². The topological polar surface area (TPSA) is 114 Å². The number of hydrogen-bond donors (Lipinski definition) is 0. The molecule has 0 saturated heterocycles. The lowest BCUT2D eigenvalue weighted by Gasteiger charge is -2.24. The maximum atomic E-state index is 12.0. The van der Waals surface area contributed by atoms with Gasteiger partial charge in [-0.25, -0.2) is 0 Å². The highest BCUT2D eigenvalue weighted by Crippen LogP contribution is 2.20. The van der Waals surface area contributed by atoms with Crippen LogP contribution < -0.4 is 0 Å². The van der Waals surface area contributed by atoms with E-state index in [2.05, 4.69) is 0 Å². The number of nitrogens with zero attached hydrogens (tertiary/aromatic N) is 1. The van der Waals surface area contributed by atoms with Crippen molar-refractivity contribution >= 4 is 24.6 Å². The molecule has 0 unspecified atom stereocenters. The quantitative estimate of drug-likeness (QED) is 0.0888. The van der Waals surface area contributed by atoms with Crippen LogP contribution >= 0.6 is 0 Å². The second kappa shape index (κ2) is 15.5. The van der Waals surface area contributed by atoms with Crippen molar-refractivity contribution < 1.29 is 30.8 Å². The number of nitro benzene ring substituents is 1. The van der Waals surface area contributed by atoms with Crippen LogP contribution in [0.1, 0.15) is 63.4 Å². The standard InChI is InChI=1S/C21H37NO8SSi/c1-27-32(28-2,29-3)18-14-10-8-6-4-5-7-9-13-17-31(25,26)30-19-20-15-11-12-16-21(20)22(23)24/h11-12,15-16H,4-10,13-14,17-19H2,1-3H3. The molecule has 184 valence electrons. The number of benzene rings is 1. The summed E-state index contributed by atoms with van der Waals surface area (Å²) in [4.78, 5) is 10.4. The van der Waals surface area contributed by atoms with Crippen LogP contribution in [0.5, 0.6) is 0 Å². The van der Waals surface area contributed by atoms with Crippen molar-refractivity contribution in [1.82, 2.24) is 0 Å². The molecular weight excluding hydrogens is 454 g/mol. The van der Waals surface area contributed by atoms with E-state index in [1.54, 1.807) is 27.4 Å². The molecule has 0 aliphatic carbocycles. The Morgan fingerprint density at radius 2 is 1.34 bits per heavy atom. The molecule has 0 heterocycles. The maximum absolute atomic E-state index is 12.0. The summed E-state index contributed by atoms with van der Waals surface area (Å²) in [7, 11) is -1.25. The Hall–Kier alpha value is -1.37. The van der Waals surface area contributed by atoms with Gasteiger partial charge < -0.3 is 13.3 Å². The van der Waals surface area contributed by atoms with E-state index in [1.807, 2.05) is 0 Å². The van der Waals surface area contributed by atoms with E-state index in [1.165, 1.54) is 18.2 Å². The van der Waals surface area contributed by atoms with E-state index in [0.29, 0.717) is 6.42 Å². The van der Waals surface area contributed by atoms with Crippen molar-refractivity contribution in [2.75, 3.05) is 27.1 Å².